The number of hydrogen-bond acceptors (Lipinski definition) is 7. The molecule has 8 nitrogen and oxygen atoms in total. The van der Waals surface area contributed by atoms with E-state index in [0.29, 0.717) is 11.8 Å². The fourth-order valence-electron chi connectivity index (χ4n) is 1.82. The number of carboxylic acid groups (broad SMARTS) is 1. The minimum atomic E-state index is -4.90. The van der Waals surface area contributed by atoms with E-state index in [9.17, 15) is 27.7 Å². The quantitative estimate of drug-likeness (QED) is 0.579. The summed E-state index contributed by atoms with van der Waals surface area (Å²) in [5.41, 5.74) is 5.34. The van der Waals surface area contributed by atoms with Crippen molar-refractivity contribution in [3.63, 3.8) is 0 Å². The third-order valence-electron chi connectivity index (χ3n) is 2.84. The lowest BCUT2D eigenvalue weighted by molar-refractivity contribution is -0.255. The summed E-state index contributed by atoms with van der Waals surface area (Å²) in [6.07, 6.45) is 0. The molecule has 0 saturated carbocycles. The highest BCUT2D eigenvalue weighted by atomic mass is 32.2. The van der Waals surface area contributed by atoms with E-state index in [-0.39, 0.29) is 11.3 Å². The second kappa shape index (κ2) is 6.07. The average Bonchev–Trinajstić information content (AvgIpc) is 2.46. The Balaban J connectivity index is 2.41. The van der Waals surface area contributed by atoms with Crippen LogP contribution >= 0.6 is 0 Å². The molecule has 1 amide bonds. The number of carbonyl (C=O) groups is 2. The minimum absolute atomic E-state index is 0.173. The third-order valence-corrected chi connectivity index (χ3v) is 3.65. The molecule has 9 heteroatoms. The van der Waals surface area contributed by atoms with Crippen LogP contribution in [0, 0.1) is 0 Å². The molecule has 0 aliphatic rings. The van der Waals surface area contributed by atoms with Crippen LogP contribution in [0.25, 0.3) is 0 Å². The van der Waals surface area contributed by atoms with Crippen molar-refractivity contribution >= 4 is 33.4 Å². The van der Waals surface area contributed by atoms with Crippen molar-refractivity contribution in [1.82, 2.24) is 0 Å². The Kier molecular flexibility index (Phi) is 4.34. The Morgan fingerprint density at radius 3 is 2.30 bits per heavy atom. The van der Waals surface area contributed by atoms with E-state index in [2.05, 4.69) is 5.32 Å². The van der Waals surface area contributed by atoms with Crippen LogP contribution in [0.5, 0.6) is 0 Å². The van der Waals surface area contributed by atoms with Crippen LogP contribution in [0.2, 0.25) is 0 Å². The van der Waals surface area contributed by atoms with Crippen LogP contribution in [0.3, 0.4) is 0 Å². The molecule has 23 heavy (non-hydrogen) atoms. The van der Waals surface area contributed by atoms with Gasteiger partial charge in [-0.15, -0.1) is 0 Å². The van der Waals surface area contributed by atoms with Gasteiger partial charge in [0.25, 0.3) is 5.91 Å². The van der Waals surface area contributed by atoms with Crippen molar-refractivity contribution in [2.24, 2.45) is 0 Å². The first-order valence-corrected chi connectivity index (χ1v) is 7.57. The first-order valence-electron chi connectivity index (χ1n) is 6.16. The molecule has 3 N–H and O–H groups in total. The molecule has 0 aromatic heterocycles. The number of carbonyl (C=O) groups excluding carboxylic acids is 2. The van der Waals surface area contributed by atoms with Gasteiger partial charge in [0.1, 0.15) is 10.1 Å². The van der Waals surface area contributed by atoms with Gasteiger partial charge in [-0.05, 0) is 36.4 Å². The number of carboxylic acids is 1. The molecule has 0 atom stereocenters. The molecule has 0 fully saturated rings. The number of benzene rings is 2. The maximum Gasteiger partial charge on any atom is 0.255 e. The van der Waals surface area contributed by atoms with E-state index in [4.69, 9.17) is 5.73 Å². The number of nitrogen functional groups attached to an aromatic ring is 1. The van der Waals surface area contributed by atoms with E-state index in [1.165, 1.54) is 18.2 Å². The fraction of sp³-hybridized carbons (Fsp3) is 0. The number of nitrogens with two attached hydrogens (primary N) is 1. The number of nitrogens with one attached hydrogen (secondary N) is 1. The number of aromatic carboxylic acids is 1. The zero-order valence-corrected chi connectivity index (χ0v) is 12.3. The van der Waals surface area contributed by atoms with Gasteiger partial charge in [-0.3, -0.25) is 4.79 Å². The predicted octanol–water partition coefficient (Wildman–Crippen LogP) is -0.211. The molecule has 0 saturated heterocycles. The molecule has 2 rings (SSSR count). The molecule has 0 aliphatic heterocycles. The number of anilines is 2. The van der Waals surface area contributed by atoms with Crippen LogP contribution in [0.15, 0.2) is 47.4 Å². The van der Waals surface area contributed by atoms with Gasteiger partial charge < -0.3 is 25.5 Å². The van der Waals surface area contributed by atoms with E-state index in [0.717, 1.165) is 12.1 Å². The molecule has 0 bridgehead atoms. The normalized spacial score (nSPS) is 11.0. The first-order chi connectivity index (χ1) is 10.7. The van der Waals surface area contributed by atoms with Crippen LogP contribution in [-0.4, -0.2) is 24.8 Å². The Hall–Kier alpha value is -2.91. The lowest BCUT2D eigenvalue weighted by atomic mass is 10.1. The number of rotatable bonds is 4. The molecule has 0 radical (unpaired) electrons. The second-order valence-corrected chi connectivity index (χ2v) is 5.95. The molecule has 0 heterocycles. The maximum absolute atomic E-state index is 12.1. The van der Waals surface area contributed by atoms with Crippen molar-refractivity contribution in [3.05, 3.63) is 53.6 Å². The molecule has 120 valence electrons. The predicted molar refractivity (Wildman–Crippen MR) is 77.5 cm³/mol. The van der Waals surface area contributed by atoms with Crippen LogP contribution in [0.1, 0.15) is 20.7 Å². The highest BCUT2D eigenvalue weighted by molar-refractivity contribution is 7.85. The van der Waals surface area contributed by atoms with Crippen molar-refractivity contribution < 1.29 is 27.7 Å². The fourth-order valence-corrected chi connectivity index (χ4v) is 2.36. The average molecular weight is 334 g/mol. The summed E-state index contributed by atoms with van der Waals surface area (Å²) in [5, 5.41) is 13.2. The molecule has 0 unspecified atom stereocenters. The Bertz CT molecular complexity index is 892. The Morgan fingerprint density at radius 2 is 1.74 bits per heavy atom. The maximum atomic E-state index is 12.1. The third kappa shape index (κ3) is 4.05. The summed E-state index contributed by atoms with van der Waals surface area (Å²) in [7, 11) is -4.90. The Labute approximate surface area is 131 Å². The van der Waals surface area contributed by atoms with Crippen molar-refractivity contribution in [2.45, 2.75) is 4.90 Å². The van der Waals surface area contributed by atoms with Gasteiger partial charge >= 0.3 is 0 Å². The van der Waals surface area contributed by atoms with Crippen molar-refractivity contribution in [3.8, 4) is 0 Å². The van der Waals surface area contributed by atoms with E-state index in [1.807, 2.05) is 0 Å². The zero-order chi connectivity index (χ0) is 17.2. The summed E-state index contributed by atoms with van der Waals surface area (Å²) in [6.45, 7) is 0. The summed E-state index contributed by atoms with van der Waals surface area (Å²) >= 11 is 0. The topological polar surface area (TPSA) is 152 Å². The van der Waals surface area contributed by atoms with Gasteiger partial charge in [-0.1, -0.05) is 6.07 Å². The van der Waals surface area contributed by atoms with E-state index in [1.54, 1.807) is 6.07 Å². The minimum Gasteiger partial charge on any atom is -0.744 e. The number of hydrogen-bond donors (Lipinski definition) is 2. The molecule has 0 spiro atoms. The standard InChI is InChI=1S/C14H12N2O6S/c15-10-3-1-2-8(4-10)13(17)16-11-5-9(14(18)19)6-12(7-11)23(20,21)22/h1-7H,15H2,(H,16,17)(H,18,19)(H,20,21,22)/p-2. The molecular weight excluding hydrogens is 324 g/mol. The van der Waals surface area contributed by atoms with E-state index >= 15 is 0 Å². The monoisotopic (exact) mass is 334 g/mol. The SMILES string of the molecule is Nc1cccc(C(=O)Nc2cc(C(=O)[O-])cc(S(=O)(=O)[O-])c2)c1. The molecular formula is C14H10N2O6S-2. The van der Waals surface area contributed by atoms with Gasteiger partial charge in [0, 0.05) is 22.5 Å². The summed E-state index contributed by atoms with van der Waals surface area (Å²) in [6, 6.07) is 8.44. The molecule has 0 aliphatic carbocycles. The summed E-state index contributed by atoms with van der Waals surface area (Å²) < 4.78 is 33.2. The largest absolute Gasteiger partial charge is 0.744 e. The van der Waals surface area contributed by atoms with Crippen LogP contribution < -0.4 is 16.2 Å². The zero-order valence-electron chi connectivity index (χ0n) is 11.5. The lowest BCUT2D eigenvalue weighted by Gasteiger charge is -2.13. The van der Waals surface area contributed by atoms with Gasteiger partial charge in [-0.2, -0.15) is 0 Å². The molecule has 2 aromatic carbocycles. The van der Waals surface area contributed by atoms with Crippen molar-refractivity contribution in [1.29, 1.82) is 0 Å². The van der Waals surface area contributed by atoms with Gasteiger partial charge in [-0.25, -0.2) is 8.42 Å². The van der Waals surface area contributed by atoms with E-state index < -0.39 is 32.5 Å². The highest BCUT2D eigenvalue weighted by Gasteiger charge is 2.11. The smallest absolute Gasteiger partial charge is 0.255 e. The van der Waals surface area contributed by atoms with Crippen LogP contribution in [-0.2, 0) is 10.1 Å². The number of amides is 1. The summed E-state index contributed by atoms with van der Waals surface area (Å²) in [4.78, 5) is 22.2. The molecule has 2 aromatic rings. The Morgan fingerprint density at radius 1 is 1.04 bits per heavy atom. The summed E-state index contributed by atoms with van der Waals surface area (Å²) in [5.74, 6) is -2.34. The van der Waals surface area contributed by atoms with Crippen molar-refractivity contribution in [2.75, 3.05) is 11.1 Å². The van der Waals surface area contributed by atoms with Gasteiger partial charge in [0.2, 0.25) is 0 Å². The lowest BCUT2D eigenvalue weighted by Crippen LogP contribution is -2.23. The first kappa shape index (κ1) is 16.5. The van der Waals surface area contributed by atoms with Gasteiger partial charge in [0.05, 0.1) is 10.9 Å². The van der Waals surface area contributed by atoms with Gasteiger partial charge in [0.15, 0.2) is 0 Å². The van der Waals surface area contributed by atoms with Crippen LogP contribution in [0.4, 0.5) is 11.4 Å². The second-order valence-electron chi connectivity index (χ2n) is 4.57. The highest BCUT2D eigenvalue weighted by Crippen LogP contribution is 2.20.